The Morgan fingerprint density at radius 1 is 0.805 bits per heavy atom. The lowest BCUT2D eigenvalue weighted by atomic mass is 9.86. The van der Waals surface area contributed by atoms with Gasteiger partial charge in [0.2, 0.25) is 0 Å². The molecule has 0 spiro atoms. The molecular weight excluding hydrogens is 534 g/mol. The van der Waals surface area contributed by atoms with Gasteiger partial charge in [0.25, 0.3) is 0 Å². The lowest BCUT2D eigenvalue weighted by molar-refractivity contribution is -0.155. The minimum atomic E-state index is -1.58. The number of unbranched alkanes of at least 4 members (excludes halogenated alkanes) is 1. The van der Waals surface area contributed by atoms with E-state index in [1.54, 1.807) is 26.8 Å². The van der Waals surface area contributed by atoms with Gasteiger partial charge in [-0.2, -0.15) is 0 Å². The molecule has 11 nitrogen and oxygen atoms in total. The minimum Gasteiger partial charge on any atom is -0.468 e. The summed E-state index contributed by atoms with van der Waals surface area (Å²) in [7, 11) is 1.21. The molecule has 1 aromatic carbocycles. The third-order valence-corrected chi connectivity index (χ3v) is 6.21. The predicted octanol–water partition coefficient (Wildman–Crippen LogP) is 6.02. The number of methoxy groups -OCH3 is 1. The highest BCUT2D eigenvalue weighted by atomic mass is 16.7. The number of carbonyl (C=O) groups excluding carboxylic acids is 4. The highest BCUT2D eigenvalue weighted by molar-refractivity contribution is 5.81. The Labute approximate surface area is 243 Å². The normalized spacial score (nSPS) is 14.5. The van der Waals surface area contributed by atoms with Crippen LogP contribution in [0.4, 0.5) is 9.59 Å². The standard InChI is InChI=1S/C30H47NO10/c1-8-11-14-26(32)37-22(6)18-30(31,27(33)36-7)19-23-15-16-24(40-28(34)38-20(4)12-9-2)25(17-23)41-29(35)39-21(5)13-10-3/h15-17,20-22H,8-14,18-19,31H2,1-7H3/t20?,21?,22-,30?/m0/s1. The molecule has 232 valence electrons. The van der Waals surface area contributed by atoms with Crippen LogP contribution in [0.5, 0.6) is 11.5 Å². The van der Waals surface area contributed by atoms with Crippen LogP contribution in [-0.2, 0) is 35.0 Å². The van der Waals surface area contributed by atoms with E-state index >= 15 is 0 Å². The van der Waals surface area contributed by atoms with E-state index in [0.29, 0.717) is 24.8 Å². The Balaban J connectivity index is 3.24. The van der Waals surface area contributed by atoms with Crippen molar-refractivity contribution in [2.24, 2.45) is 5.73 Å². The van der Waals surface area contributed by atoms with E-state index < -0.39 is 36.0 Å². The van der Waals surface area contributed by atoms with Crippen molar-refractivity contribution in [3.05, 3.63) is 23.8 Å². The summed E-state index contributed by atoms with van der Waals surface area (Å²) in [6.45, 7) is 11.0. The molecule has 0 aliphatic carbocycles. The molecule has 0 saturated carbocycles. The van der Waals surface area contributed by atoms with E-state index in [2.05, 4.69) is 0 Å². The molecule has 0 saturated heterocycles. The molecule has 41 heavy (non-hydrogen) atoms. The second kappa shape index (κ2) is 18.2. The number of hydrogen-bond donors (Lipinski definition) is 1. The van der Waals surface area contributed by atoms with Gasteiger partial charge in [0.05, 0.1) is 7.11 Å². The Kier molecular flexibility index (Phi) is 15.8. The number of nitrogens with two attached hydrogens (primary N) is 1. The highest BCUT2D eigenvalue weighted by Gasteiger charge is 2.38. The van der Waals surface area contributed by atoms with E-state index in [4.69, 9.17) is 34.2 Å². The Hall–Kier alpha value is -3.34. The number of esters is 2. The zero-order valence-corrected chi connectivity index (χ0v) is 25.5. The van der Waals surface area contributed by atoms with Gasteiger partial charge in [-0.15, -0.1) is 0 Å². The Morgan fingerprint density at radius 2 is 1.37 bits per heavy atom. The van der Waals surface area contributed by atoms with Gasteiger partial charge in [-0.1, -0.05) is 46.1 Å². The summed E-state index contributed by atoms with van der Waals surface area (Å²) in [4.78, 5) is 49.8. The zero-order chi connectivity index (χ0) is 31.0. The largest absolute Gasteiger partial charge is 0.514 e. The van der Waals surface area contributed by atoms with Crippen LogP contribution in [-0.4, -0.2) is 55.2 Å². The molecule has 0 aliphatic rings. The summed E-state index contributed by atoms with van der Waals surface area (Å²) in [6.07, 6.45) is 1.25. The van der Waals surface area contributed by atoms with Crippen molar-refractivity contribution in [1.82, 2.24) is 0 Å². The fraction of sp³-hybridized carbons (Fsp3) is 0.667. The second-order valence-corrected chi connectivity index (χ2v) is 10.4. The number of hydrogen-bond acceptors (Lipinski definition) is 11. The monoisotopic (exact) mass is 581 g/mol. The summed E-state index contributed by atoms with van der Waals surface area (Å²) in [5, 5.41) is 0. The molecule has 2 N–H and O–H groups in total. The van der Waals surface area contributed by atoms with E-state index in [9.17, 15) is 19.2 Å². The summed E-state index contributed by atoms with van der Waals surface area (Å²) in [6, 6.07) is 4.40. The third-order valence-electron chi connectivity index (χ3n) is 6.21. The second-order valence-electron chi connectivity index (χ2n) is 10.4. The van der Waals surface area contributed by atoms with Crippen molar-refractivity contribution in [3.63, 3.8) is 0 Å². The summed E-state index contributed by atoms with van der Waals surface area (Å²) < 4.78 is 31.7. The molecule has 4 atom stereocenters. The van der Waals surface area contributed by atoms with Crippen LogP contribution >= 0.6 is 0 Å². The maximum atomic E-state index is 12.8. The first kappa shape index (κ1) is 35.7. The Bertz CT molecular complexity index is 997. The third kappa shape index (κ3) is 13.2. The van der Waals surface area contributed by atoms with E-state index in [1.165, 1.54) is 19.2 Å². The zero-order valence-electron chi connectivity index (χ0n) is 25.5. The van der Waals surface area contributed by atoms with Crippen LogP contribution in [0, 0.1) is 0 Å². The summed E-state index contributed by atoms with van der Waals surface area (Å²) in [5.41, 5.74) is 5.39. The molecule has 0 aromatic heterocycles. The quantitative estimate of drug-likeness (QED) is 0.131. The number of ether oxygens (including phenoxy) is 6. The van der Waals surface area contributed by atoms with Gasteiger partial charge in [0.15, 0.2) is 11.5 Å². The lowest BCUT2D eigenvalue weighted by Crippen LogP contribution is -2.53. The highest BCUT2D eigenvalue weighted by Crippen LogP contribution is 2.32. The number of carbonyl (C=O) groups is 4. The molecule has 0 fully saturated rings. The number of rotatable bonds is 17. The van der Waals surface area contributed by atoms with Gasteiger partial charge < -0.3 is 34.2 Å². The molecule has 0 aliphatic heterocycles. The van der Waals surface area contributed by atoms with Crippen LogP contribution in [0.15, 0.2) is 18.2 Å². The number of benzene rings is 1. The molecule has 1 aromatic rings. The van der Waals surface area contributed by atoms with Gasteiger partial charge in [-0.3, -0.25) is 9.59 Å². The molecule has 3 unspecified atom stereocenters. The average Bonchev–Trinajstić information content (AvgIpc) is 2.88. The van der Waals surface area contributed by atoms with Crippen molar-refractivity contribution >= 4 is 24.2 Å². The molecule has 11 heteroatoms. The van der Waals surface area contributed by atoms with Crippen molar-refractivity contribution in [3.8, 4) is 11.5 Å². The average molecular weight is 582 g/mol. The van der Waals surface area contributed by atoms with E-state index in [1.807, 2.05) is 20.8 Å². The fourth-order valence-electron chi connectivity index (χ4n) is 4.27. The van der Waals surface area contributed by atoms with Gasteiger partial charge in [0, 0.05) is 19.3 Å². The van der Waals surface area contributed by atoms with Crippen LogP contribution < -0.4 is 15.2 Å². The van der Waals surface area contributed by atoms with Gasteiger partial charge in [-0.05, 0) is 57.7 Å². The van der Waals surface area contributed by atoms with Crippen LogP contribution in [0.1, 0.15) is 98.5 Å². The maximum Gasteiger partial charge on any atom is 0.514 e. The minimum absolute atomic E-state index is 0.0236. The van der Waals surface area contributed by atoms with Gasteiger partial charge >= 0.3 is 24.2 Å². The molecule has 0 amide bonds. The lowest BCUT2D eigenvalue weighted by Gasteiger charge is -2.29. The SMILES string of the molecule is CCCCC(=O)O[C@@H](C)CC(N)(Cc1ccc(OC(=O)OC(C)CCC)c(OC(=O)OC(C)CCC)c1)C(=O)OC. The van der Waals surface area contributed by atoms with Crippen molar-refractivity contribution in [2.75, 3.05) is 7.11 Å². The van der Waals surface area contributed by atoms with Gasteiger partial charge in [0.1, 0.15) is 23.9 Å². The first-order chi connectivity index (χ1) is 19.4. The first-order valence-electron chi connectivity index (χ1n) is 14.3. The van der Waals surface area contributed by atoms with E-state index in [0.717, 1.165) is 19.3 Å². The van der Waals surface area contributed by atoms with Crippen molar-refractivity contribution in [1.29, 1.82) is 0 Å². The molecule has 0 bridgehead atoms. The topological polar surface area (TPSA) is 150 Å². The molecule has 1 rings (SSSR count). The summed E-state index contributed by atoms with van der Waals surface area (Å²) in [5.74, 6) is -1.29. The predicted molar refractivity (Wildman–Crippen MR) is 152 cm³/mol. The van der Waals surface area contributed by atoms with Gasteiger partial charge in [-0.25, -0.2) is 9.59 Å². The first-order valence-corrected chi connectivity index (χ1v) is 14.3. The maximum absolute atomic E-state index is 12.8. The van der Waals surface area contributed by atoms with E-state index in [-0.39, 0.29) is 42.8 Å². The van der Waals surface area contributed by atoms with Crippen LogP contribution in [0.25, 0.3) is 0 Å². The summed E-state index contributed by atoms with van der Waals surface area (Å²) >= 11 is 0. The molecule has 0 radical (unpaired) electrons. The van der Waals surface area contributed by atoms with Crippen molar-refractivity contribution < 1.29 is 47.6 Å². The fourth-order valence-corrected chi connectivity index (χ4v) is 4.27. The van der Waals surface area contributed by atoms with Crippen LogP contribution in [0.2, 0.25) is 0 Å². The molecule has 0 heterocycles. The molecular formula is C30H47NO10. The smallest absolute Gasteiger partial charge is 0.468 e. The van der Waals surface area contributed by atoms with Crippen LogP contribution in [0.3, 0.4) is 0 Å². The Morgan fingerprint density at radius 3 is 1.88 bits per heavy atom. The van der Waals surface area contributed by atoms with Crippen molar-refractivity contribution in [2.45, 2.75) is 123 Å².